The summed E-state index contributed by atoms with van der Waals surface area (Å²) < 4.78 is 2.51. The molecule has 0 N–H and O–H groups in total. The van der Waals surface area contributed by atoms with Crippen molar-refractivity contribution in [2.24, 2.45) is 0 Å². The Morgan fingerprint density at radius 1 is 0.333 bits per heavy atom. The second kappa shape index (κ2) is 17.3. The van der Waals surface area contributed by atoms with Crippen LogP contribution in [0, 0.1) is 0 Å². The molecule has 0 saturated carbocycles. The SMILES string of the molecule is C1=C(c2cccc3ccccc23)c2ccccc2C(N(c2ccccc2-c2ccc(-c3ccccc3)c(-n3c4ccccc4c4c5ccccc5ccc43)c2)c2ccccc2-c2ccc3ccccc3c2)C1. The van der Waals surface area contributed by atoms with Gasteiger partial charge in [0.15, 0.2) is 0 Å². The molecule has 12 aromatic carbocycles. The molecule has 2 nitrogen and oxygen atoms in total. The molecule has 338 valence electrons. The van der Waals surface area contributed by atoms with E-state index in [0.29, 0.717) is 0 Å². The van der Waals surface area contributed by atoms with Gasteiger partial charge in [-0.2, -0.15) is 0 Å². The van der Waals surface area contributed by atoms with E-state index in [2.05, 4.69) is 282 Å². The molecule has 0 spiro atoms. The average molecular weight is 917 g/mol. The van der Waals surface area contributed by atoms with E-state index < -0.39 is 0 Å². The molecule has 0 aliphatic heterocycles. The lowest BCUT2D eigenvalue weighted by atomic mass is 9.81. The van der Waals surface area contributed by atoms with E-state index in [1.54, 1.807) is 0 Å². The molecule has 1 aliphatic rings. The molecule has 14 rings (SSSR count). The molecule has 0 fully saturated rings. The Hall–Kier alpha value is -9.24. The Morgan fingerprint density at radius 3 is 1.68 bits per heavy atom. The molecule has 0 radical (unpaired) electrons. The molecule has 1 aromatic heterocycles. The predicted molar refractivity (Wildman–Crippen MR) is 306 cm³/mol. The Balaban J connectivity index is 1.01. The van der Waals surface area contributed by atoms with Gasteiger partial charge < -0.3 is 9.47 Å². The fraction of sp³-hybridized carbons (Fsp3) is 0.0286. The summed E-state index contributed by atoms with van der Waals surface area (Å²) in [6.07, 6.45) is 3.31. The number of aromatic nitrogens is 1. The van der Waals surface area contributed by atoms with Gasteiger partial charge in [0, 0.05) is 38.8 Å². The first-order valence-electron chi connectivity index (χ1n) is 25.1. The molecule has 0 saturated heterocycles. The normalized spacial score (nSPS) is 13.4. The van der Waals surface area contributed by atoms with Gasteiger partial charge in [-0.3, -0.25) is 0 Å². The summed E-state index contributed by atoms with van der Waals surface area (Å²) in [7, 11) is 0. The molecule has 2 heteroatoms. The van der Waals surface area contributed by atoms with E-state index in [4.69, 9.17) is 0 Å². The van der Waals surface area contributed by atoms with Crippen LogP contribution in [0.25, 0.3) is 98.8 Å². The molecular weight excluding hydrogens is 869 g/mol. The topological polar surface area (TPSA) is 8.17 Å². The van der Waals surface area contributed by atoms with Crippen LogP contribution in [0.3, 0.4) is 0 Å². The van der Waals surface area contributed by atoms with E-state index in [1.165, 1.54) is 104 Å². The van der Waals surface area contributed by atoms with Crippen LogP contribution in [0.2, 0.25) is 0 Å². The second-order valence-corrected chi connectivity index (χ2v) is 19.1. The largest absolute Gasteiger partial charge is 0.332 e. The van der Waals surface area contributed by atoms with Crippen molar-refractivity contribution >= 4 is 71.1 Å². The van der Waals surface area contributed by atoms with E-state index >= 15 is 0 Å². The lowest BCUT2D eigenvalue weighted by Gasteiger charge is -2.39. The van der Waals surface area contributed by atoms with Crippen molar-refractivity contribution in [1.29, 1.82) is 0 Å². The highest BCUT2D eigenvalue weighted by Gasteiger charge is 2.32. The second-order valence-electron chi connectivity index (χ2n) is 19.1. The number of fused-ring (bicyclic) bond motifs is 8. The van der Waals surface area contributed by atoms with E-state index in [9.17, 15) is 0 Å². The zero-order valence-electron chi connectivity index (χ0n) is 39.7. The van der Waals surface area contributed by atoms with Crippen molar-refractivity contribution in [3.63, 3.8) is 0 Å². The van der Waals surface area contributed by atoms with Crippen LogP contribution >= 0.6 is 0 Å². The van der Waals surface area contributed by atoms with Gasteiger partial charge in [-0.05, 0) is 114 Å². The maximum atomic E-state index is 2.66. The summed E-state index contributed by atoms with van der Waals surface area (Å²) in [6, 6.07) is 98.6. The van der Waals surface area contributed by atoms with Gasteiger partial charge in [-0.15, -0.1) is 0 Å². The van der Waals surface area contributed by atoms with Crippen LogP contribution in [-0.4, -0.2) is 4.57 Å². The van der Waals surface area contributed by atoms with E-state index in [0.717, 1.165) is 29.0 Å². The van der Waals surface area contributed by atoms with Crippen molar-refractivity contribution in [3.8, 4) is 39.1 Å². The van der Waals surface area contributed by atoms with Crippen LogP contribution in [0.5, 0.6) is 0 Å². The van der Waals surface area contributed by atoms with Crippen molar-refractivity contribution in [3.05, 3.63) is 290 Å². The highest BCUT2D eigenvalue weighted by molar-refractivity contribution is 6.21. The standard InChI is InChI=1S/C70H48N2/c1-2-20-49(21-3-1)57-41-39-53(46-69(57)72-66-36-17-14-32-63(66)70-58-29-9-7-23-50(58)40-43-68(70)72)56-28-13-16-35-65(56)71(64-34-15-12-27-55(64)52-38-37-47-19-4-5-24-51(47)45-52)67-44-42-61(60-30-10-11-31-62(60)67)59-33-18-25-48-22-6-8-26-54(48)59/h1-43,45-46,67H,44H2. The summed E-state index contributed by atoms with van der Waals surface area (Å²) in [6.45, 7) is 0. The monoisotopic (exact) mass is 916 g/mol. The minimum absolute atomic E-state index is 0.0311. The number of hydrogen-bond donors (Lipinski definition) is 0. The minimum atomic E-state index is -0.0311. The number of rotatable bonds is 8. The quantitative estimate of drug-likeness (QED) is 0.147. The Kier molecular flexibility index (Phi) is 10.0. The van der Waals surface area contributed by atoms with Crippen LogP contribution in [-0.2, 0) is 0 Å². The van der Waals surface area contributed by atoms with Crippen LogP contribution in [0.4, 0.5) is 11.4 Å². The van der Waals surface area contributed by atoms with Crippen LogP contribution in [0.1, 0.15) is 29.2 Å². The third-order valence-corrected chi connectivity index (χ3v) is 15.1. The predicted octanol–water partition coefficient (Wildman–Crippen LogP) is 19.0. The molecule has 0 amide bonds. The van der Waals surface area contributed by atoms with Crippen LogP contribution < -0.4 is 4.90 Å². The molecule has 1 heterocycles. The van der Waals surface area contributed by atoms with E-state index in [1.807, 2.05) is 0 Å². The summed E-state index contributed by atoms with van der Waals surface area (Å²) in [5.74, 6) is 0. The lowest BCUT2D eigenvalue weighted by molar-refractivity contribution is 0.700. The first-order valence-corrected chi connectivity index (χ1v) is 25.1. The van der Waals surface area contributed by atoms with Gasteiger partial charge in [0.25, 0.3) is 0 Å². The van der Waals surface area contributed by atoms with Gasteiger partial charge in [0.2, 0.25) is 0 Å². The van der Waals surface area contributed by atoms with Gasteiger partial charge in [0.05, 0.1) is 22.8 Å². The Labute approximate surface area is 419 Å². The highest BCUT2D eigenvalue weighted by Crippen LogP contribution is 2.51. The number of para-hydroxylation sites is 3. The number of nitrogens with zero attached hydrogens (tertiary/aromatic N) is 2. The summed E-state index contributed by atoms with van der Waals surface area (Å²) in [5, 5.41) is 10.0. The van der Waals surface area contributed by atoms with Gasteiger partial charge >= 0.3 is 0 Å². The number of benzene rings is 12. The Morgan fingerprint density at radius 2 is 0.889 bits per heavy atom. The van der Waals surface area contributed by atoms with Crippen molar-refractivity contribution in [1.82, 2.24) is 4.57 Å². The number of hydrogen-bond acceptors (Lipinski definition) is 1. The maximum Gasteiger partial charge on any atom is 0.0632 e. The summed E-state index contributed by atoms with van der Waals surface area (Å²) in [5.41, 5.74) is 18.0. The maximum absolute atomic E-state index is 2.66. The lowest BCUT2D eigenvalue weighted by Crippen LogP contribution is -2.27. The molecule has 0 bridgehead atoms. The number of anilines is 2. The van der Waals surface area contributed by atoms with Gasteiger partial charge in [-0.25, -0.2) is 0 Å². The Bertz CT molecular complexity index is 4260. The molecular formula is C70H48N2. The molecule has 1 unspecified atom stereocenters. The van der Waals surface area contributed by atoms with Gasteiger partial charge in [0.1, 0.15) is 0 Å². The van der Waals surface area contributed by atoms with Crippen molar-refractivity contribution < 1.29 is 0 Å². The van der Waals surface area contributed by atoms with Crippen molar-refractivity contribution in [2.45, 2.75) is 12.5 Å². The zero-order chi connectivity index (χ0) is 47.5. The molecule has 1 atom stereocenters. The third kappa shape index (κ3) is 6.87. The minimum Gasteiger partial charge on any atom is -0.332 e. The first kappa shape index (κ1) is 41.7. The first-order chi connectivity index (χ1) is 35.7. The zero-order valence-corrected chi connectivity index (χ0v) is 39.7. The van der Waals surface area contributed by atoms with Crippen molar-refractivity contribution in [2.75, 3.05) is 4.90 Å². The fourth-order valence-corrected chi connectivity index (χ4v) is 11.9. The molecule has 72 heavy (non-hydrogen) atoms. The highest BCUT2D eigenvalue weighted by atomic mass is 15.2. The molecule has 13 aromatic rings. The molecule has 1 aliphatic carbocycles. The van der Waals surface area contributed by atoms with Gasteiger partial charge in [-0.1, -0.05) is 237 Å². The summed E-state index contributed by atoms with van der Waals surface area (Å²) >= 11 is 0. The van der Waals surface area contributed by atoms with E-state index in [-0.39, 0.29) is 6.04 Å². The third-order valence-electron chi connectivity index (χ3n) is 15.1. The smallest absolute Gasteiger partial charge is 0.0632 e. The van der Waals surface area contributed by atoms with Crippen LogP contribution in [0.15, 0.2) is 273 Å². The fourth-order valence-electron chi connectivity index (χ4n) is 11.9. The average Bonchev–Trinajstić information content (AvgIpc) is 3.80. The summed E-state index contributed by atoms with van der Waals surface area (Å²) in [4.78, 5) is 2.66.